The molecule has 0 bridgehead atoms. The standard InChI is InChI=1S/C23H24N4O2/c1-16(28)27-13-18-12-25(15-20(18)23(27)17-7-3-2-4-8-17)14-19-11-22(29)26-10-6-5-9-21(26)24-19/h2-11,18,20,23H,12-15H2,1H3/t18-,20-,23-/m1/s1. The van der Waals surface area contributed by atoms with Crippen LogP contribution in [-0.2, 0) is 11.3 Å². The van der Waals surface area contributed by atoms with Crippen molar-refractivity contribution in [3.8, 4) is 0 Å². The average Bonchev–Trinajstić information content (AvgIpc) is 3.26. The molecule has 3 atom stereocenters. The van der Waals surface area contributed by atoms with Crippen LogP contribution in [0.3, 0.4) is 0 Å². The van der Waals surface area contributed by atoms with Gasteiger partial charge in [0.1, 0.15) is 5.65 Å². The van der Waals surface area contributed by atoms with Crippen molar-refractivity contribution in [2.24, 2.45) is 11.8 Å². The fraction of sp³-hybridized carbons (Fsp3) is 0.348. The van der Waals surface area contributed by atoms with Crippen LogP contribution in [0.5, 0.6) is 0 Å². The van der Waals surface area contributed by atoms with Crippen molar-refractivity contribution in [3.63, 3.8) is 0 Å². The molecule has 0 spiro atoms. The highest BCUT2D eigenvalue weighted by molar-refractivity contribution is 5.74. The van der Waals surface area contributed by atoms with E-state index in [1.807, 2.05) is 41.3 Å². The first kappa shape index (κ1) is 18.1. The zero-order valence-electron chi connectivity index (χ0n) is 16.4. The van der Waals surface area contributed by atoms with Crippen LogP contribution in [0, 0.1) is 11.8 Å². The maximum Gasteiger partial charge on any atom is 0.258 e. The number of benzene rings is 1. The second kappa shape index (κ2) is 7.12. The van der Waals surface area contributed by atoms with Crippen molar-refractivity contribution < 1.29 is 4.79 Å². The van der Waals surface area contributed by atoms with Gasteiger partial charge in [-0.15, -0.1) is 0 Å². The fourth-order valence-corrected chi connectivity index (χ4v) is 5.08. The Morgan fingerprint density at radius 2 is 1.86 bits per heavy atom. The monoisotopic (exact) mass is 388 g/mol. The van der Waals surface area contributed by atoms with Crippen LogP contribution >= 0.6 is 0 Å². The predicted octanol–water partition coefficient (Wildman–Crippen LogP) is 2.35. The van der Waals surface area contributed by atoms with Crippen LogP contribution in [-0.4, -0.2) is 44.7 Å². The van der Waals surface area contributed by atoms with Crippen LogP contribution in [0.4, 0.5) is 0 Å². The highest BCUT2D eigenvalue weighted by Gasteiger charge is 2.48. The van der Waals surface area contributed by atoms with Crippen molar-refractivity contribution in [2.45, 2.75) is 19.5 Å². The van der Waals surface area contributed by atoms with E-state index in [4.69, 9.17) is 0 Å². The Morgan fingerprint density at radius 1 is 1.07 bits per heavy atom. The van der Waals surface area contributed by atoms with Crippen LogP contribution < -0.4 is 5.56 Å². The number of pyridine rings is 1. The van der Waals surface area contributed by atoms with Gasteiger partial charge in [0.05, 0.1) is 11.7 Å². The van der Waals surface area contributed by atoms with Gasteiger partial charge >= 0.3 is 0 Å². The normalized spacial score (nSPS) is 24.2. The first-order valence-corrected chi connectivity index (χ1v) is 10.1. The number of carbonyl (C=O) groups is 1. The molecule has 2 fully saturated rings. The smallest absolute Gasteiger partial charge is 0.258 e. The molecule has 3 aromatic rings. The summed E-state index contributed by atoms with van der Waals surface area (Å²) in [6.07, 6.45) is 1.75. The Balaban J connectivity index is 1.39. The maximum absolute atomic E-state index is 12.4. The molecule has 5 rings (SSSR count). The first-order valence-electron chi connectivity index (χ1n) is 10.1. The average molecular weight is 388 g/mol. The molecule has 2 aromatic heterocycles. The summed E-state index contributed by atoms with van der Waals surface area (Å²) in [6.45, 7) is 4.96. The molecule has 0 aliphatic carbocycles. The molecular weight excluding hydrogens is 364 g/mol. The molecule has 0 N–H and O–H groups in total. The van der Waals surface area contributed by atoms with Gasteiger partial charge in [-0.25, -0.2) is 4.98 Å². The van der Waals surface area contributed by atoms with Crippen molar-refractivity contribution in [1.82, 2.24) is 19.2 Å². The maximum atomic E-state index is 12.4. The Morgan fingerprint density at radius 3 is 2.66 bits per heavy atom. The van der Waals surface area contributed by atoms with Gasteiger partial charge in [0, 0.05) is 51.3 Å². The molecule has 1 aromatic carbocycles. The zero-order valence-corrected chi connectivity index (χ0v) is 16.4. The first-order chi connectivity index (χ1) is 14.1. The number of nitrogens with zero attached hydrogens (tertiary/aromatic N) is 4. The number of amides is 1. The lowest BCUT2D eigenvalue weighted by atomic mass is 9.89. The quantitative estimate of drug-likeness (QED) is 0.691. The molecule has 0 unspecified atom stereocenters. The number of aromatic nitrogens is 2. The molecule has 6 nitrogen and oxygen atoms in total. The minimum Gasteiger partial charge on any atom is -0.335 e. The van der Waals surface area contributed by atoms with E-state index in [0.29, 0.717) is 24.0 Å². The molecule has 148 valence electrons. The molecule has 2 saturated heterocycles. The van der Waals surface area contributed by atoms with E-state index in [0.717, 1.165) is 25.3 Å². The van der Waals surface area contributed by atoms with Crippen LogP contribution in [0.15, 0.2) is 65.6 Å². The third kappa shape index (κ3) is 3.23. The molecule has 6 heteroatoms. The summed E-state index contributed by atoms with van der Waals surface area (Å²) in [5.41, 5.74) is 2.65. The number of carbonyl (C=O) groups excluding carboxylic acids is 1. The Hall–Kier alpha value is -2.99. The summed E-state index contributed by atoms with van der Waals surface area (Å²) in [6, 6.07) is 17.7. The molecule has 4 heterocycles. The zero-order chi connectivity index (χ0) is 20.0. The van der Waals surface area contributed by atoms with E-state index in [-0.39, 0.29) is 17.5 Å². The Kier molecular flexibility index (Phi) is 4.43. The molecule has 1 amide bonds. The molecule has 2 aliphatic heterocycles. The van der Waals surface area contributed by atoms with Gasteiger partial charge < -0.3 is 4.90 Å². The molecule has 2 aliphatic rings. The van der Waals surface area contributed by atoms with E-state index in [1.54, 1.807) is 23.6 Å². The van der Waals surface area contributed by atoms with Gasteiger partial charge in [0.2, 0.25) is 5.91 Å². The van der Waals surface area contributed by atoms with Gasteiger partial charge in [-0.05, 0) is 23.6 Å². The second-order valence-electron chi connectivity index (χ2n) is 8.16. The fourth-order valence-electron chi connectivity index (χ4n) is 5.08. The van der Waals surface area contributed by atoms with Gasteiger partial charge in [0.15, 0.2) is 0 Å². The molecule has 0 radical (unpaired) electrons. The van der Waals surface area contributed by atoms with Gasteiger partial charge in [-0.1, -0.05) is 36.4 Å². The van der Waals surface area contributed by atoms with Crippen LogP contribution in [0.2, 0.25) is 0 Å². The van der Waals surface area contributed by atoms with Crippen molar-refractivity contribution >= 4 is 11.6 Å². The topological polar surface area (TPSA) is 57.9 Å². The lowest BCUT2D eigenvalue weighted by molar-refractivity contribution is -0.130. The Labute approximate surface area is 169 Å². The van der Waals surface area contributed by atoms with Gasteiger partial charge in [0.25, 0.3) is 5.56 Å². The third-order valence-corrected chi connectivity index (χ3v) is 6.29. The summed E-state index contributed by atoms with van der Waals surface area (Å²) >= 11 is 0. The molecule has 0 saturated carbocycles. The number of hydrogen-bond acceptors (Lipinski definition) is 4. The predicted molar refractivity (Wildman–Crippen MR) is 110 cm³/mol. The highest BCUT2D eigenvalue weighted by Crippen LogP contribution is 2.45. The summed E-state index contributed by atoms with van der Waals surface area (Å²) in [5.74, 6) is 0.998. The Bertz CT molecular complexity index is 1110. The van der Waals surface area contributed by atoms with E-state index < -0.39 is 0 Å². The van der Waals surface area contributed by atoms with E-state index in [2.05, 4.69) is 22.0 Å². The minimum atomic E-state index is -0.0464. The minimum absolute atomic E-state index is 0.0464. The number of rotatable bonds is 3. The van der Waals surface area contributed by atoms with Crippen LogP contribution in [0.1, 0.15) is 24.2 Å². The van der Waals surface area contributed by atoms with Crippen molar-refractivity contribution in [1.29, 1.82) is 0 Å². The van der Waals surface area contributed by atoms with Gasteiger partial charge in [-0.3, -0.25) is 18.9 Å². The van der Waals surface area contributed by atoms with E-state index >= 15 is 0 Å². The molecule has 29 heavy (non-hydrogen) atoms. The number of hydrogen-bond donors (Lipinski definition) is 0. The van der Waals surface area contributed by atoms with Crippen LogP contribution in [0.25, 0.3) is 5.65 Å². The van der Waals surface area contributed by atoms with Crippen molar-refractivity contribution in [2.75, 3.05) is 19.6 Å². The summed E-state index contributed by atoms with van der Waals surface area (Å²) in [7, 11) is 0. The summed E-state index contributed by atoms with van der Waals surface area (Å²) in [4.78, 5) is 33.7. The second-order valence-corrected chi connectivity index (χ2v) is 8.16. The van der Waals surface area contributed by atoms with Gasteiger partial charge in [-0.2, -0.15) is 0 Å². The summed E-state index contributed by atoms with van der Waals surface area (Å²) < 4.78 is 1.57. The SMILES string of the molecule is CC(=O)N1C[C@H]2CN(Cc3cc(=O)n4ccccc4n3)C[C@H]2[C@H]1c1ccccc1. The van der Waals surface area contributed by atoms with E-state index in [1.165, 1.54) is 5.56 Å². The number of likely N-dealkylation sites (tertiary alicyclic amines) is 2. The highest BCUT2D eigenvalue weighted by atomic mass is 16.2. The van der Waals surface area contributed by atoms with Crippen molar-refractivity contribution in [3.05, 3.63) is 82.4 Å². The number of fused-ring (bicyclic) bond motifs is 2. The van der Waals surface area contributed by atoms with E-state index in [9.17, 15) is 9.59 Å². The lowest BCUT2D eigenvalue weighted by Crippen LogP contribution is -2.34. The summed E-state index contributed by atoms with van der Waals surface area (Å²) in [5, 5.41) is 0. The molecular formula is C23H24N4O2. The lowest BCUT2D eigenvalue weighted by Gasteiger charge is -2.29. The third-order valence-electron chi connectivity index (χ3n) is 6.29. The largest absolute Gasteiger partial charge is 0.335 e.